The zero-order valence-corrected chi connectivity index (χ0v) is 58.3. The van der Waals surface area contributed by atoms with Gasteiger partial charge in [-0.2, -0.15) is 25.3 Å². The van der Waals surface area contributed by atoms with Crippen molar-refractivity contribution in [3.05, 3.63) is 0 Å². The number of carbonyl (C=O) groups excluding carboxylic acids is 12. The summed E-state index contributed by atoms with van der Waals surface area (Å²) < 4.78 is 0. The van der Waals surface area contributed by atoms with Crippen LogP contribution in [0.15, 0.2) is 9.98 Å². The third kappa shape index (κ3) is 28.2. The van der Waals surface area contributed by atoms with E-state index < -0.39 is 155 Å². The second-order valence-electron chi connectivity index (χ2n) is 25.4. The Kier molecular flexibility index (Phi) is 38.0. The highest BCUT2D eigenvalue weighted by molar-refractivity contribution is 7.80. The summed E-state index contributed by atoms with van der Waals surface area (Å²) in [5, 5.41) is 24.3. The molecule has 2 aliphatic heterocycles. The lowest BCUT2D eigenvalue weighted by Gasteiger charge is -2.32. The molecule has 2 aliphatic rings. The van der Waals surface area contributed by atoms with Crippen molar-refractivity contribution < 1.29 is 57.5 Å². The molecule has 2 heterocycles. The summed E-state index contributed by atoms with van der Waals surface area (Å²) in [6.45, 7) is 14.5. The minimum atomic E-state index is -1.41. The molecule has 12 amide bonds. The Morgan fingerprint density at radius 3 is 1.08 bits per heavy atom. The summed E-state index contributed by atoms with van der Waals surface area (Å²) in [5.74, 6) is -11.2. The van der Waals surface area contributed by atoms with Crippen molar-refractivity contribution in [2.45, 2.75) is 218 Å². The van der Waals surface area contributed by atoms with Gasteiger partial charge in [-0.3, -0.25) is 67.5 Å². The van der Waals surface area contributed by atoms with Gasteiger partial charge in [0.1, 0.15) is 66.5 Å². The zero-order chi connectivity index (χ0) is 71.8. The highest BCUT2D eigenvalue weighted by atomic mass is 32.1. The molecule has 12 atom stereocenters. The number of guanidine groups is 2. The molecular weight excluding hydrogens is 1270 g/mol. The maximum atomic E-state index is 14.7. The van der Waals surface area contributed by atoms with E-state index in [-0.39, 0.29) is 126 Å². The number of unbranched alkanes of at least 4 members (excludes halogenated alkanes) is 2. The van der Waals surface area contributed by atoms with E-state index in [2.05, 4.69) is 83.1 Å². The highest BCUT2D eigenvalue weighted by Crippen LogP contribution is 2.23. The van der Waals surface area contributed by atoms with Crippen LogP contribution in [-0.4, -0.2) is 216 Å². The molecule has 2 rings (SSSR count). The van der Waals surface area contributed by atoms with Crippen LogP contribution >= 0.6 is 25.3 Å². The van der Waals surface area contributed by atoms with Crippen molar-refractivity contribution in [3.63, 3.8) is 0 Å². The summed E-state index contributed by atoms with van der Waals surface area (Å²) in [5.41, 5.74) is 45.3. The minimum absolute atomic E-state index is 0.00362. The first kappa shape index (κ1) is 83.8. The fraction of sp³-hybridized carbons (Fsp3) is 0.767. The third-order valence-corrected chi connectivity index (χ3v) is 17.1. The smallest absolute Gasteiger partial charge is 0.245 e. The van der Waals surface area contributed by atoms with Crippen molar-refractivity contribution in [3.8, 4) is 0 Å². The van der Waals surface area contributed by atoms with Crippen molar-refractivity contribution in [2.75, 3.05) is 50.8 Å². The van der Waals surface area contributed by atoms with Gasteiger partial charge in [-0.15, -0.1) is 0 Å². The molecule has 540 valence electrons. The monoisotopic (exact) mass is 1380 g/mol. The van der Waals surface area contributed by atoms with Crippen LogP contribution in [0.5, 0.6) is 0 Å². The fourth-order valence-electron chi connectivity index (χ4n) is 10.7. The zero-order valence-electron chi connectivity index (χ0n) is 56.5. The Bertz CT molecular complexity index is 2630. The van der Waals surface area contributed by atoms with Gasteiger partial charge in [0.2, 0.25) is 70.9 Å². The number of thiol groups is 2. The van der Waals surface area contributed by atoms with E-state index in [4.69, 9.17) is 45.9 Å². The number of likely N-dealkylation sites (tertiary alicyclic amines) is 2. The van der Waals surface area contributed by atoms with E-state index in [9.17, 15) is 57.5 Å². The van der Waals surface area contributed by atoms with Gasteiger partial charge in [0.15, 0.2) is 11.9 Å². The van der Waals surface area contributed by atoms with Gasteiger partial charge in [-0.1, -0.05) is 55.4 Å². The molecule has 0 spiro atoms. The van der Waals surface area contributed by atoms with Gasteiger partial charge in [0.25, 0.3) is 0 Å². The van der Waals surface area contributed by atoms with E-state index in [0.717, 1.165) is 0 Å². The number of nitrogens with two attached hydrogens (primary N) is 8. The van der Waals surface area contributed by atoms with Gasteiger partial charge in [0, 0.05) is 37.7 Å². The van der Waals surface area contributed by atoms with Gasteiger partial charge < -0.3 is 104 Å². The van der Waals surface area contributed by atoms with Crippen LogP contribution in [0.4, 0.5) is 0 Å². The first-order chi connectivity index (χ1) is 44.8. The second kappa shape index (κ2) is 43.0. The lowest BCUT2D eigenvalue weighted by Crippen LogP contribution is -2.62. The number of nitrogens with one attached hydrogen (secondary N) is 9. The van der Waals surface area contributed by atoms with Crippen LogP contribution in [0.25, 0.3) is 0 Å². The molecule has 95 heavy (non-hydrogen) atoms. The van der Waals surface area contributed by atoms with Gasteiger partial charge in [-0.25, -0.2) is 0 Å². The number of carbonyl (C=O) groups is 12. The number of hydrogen-bond acceptors (Lipinski definition) is 19. The number of aliphatic imine (C=N–C) groups is 2. The van der Waals surface area contributed by atoms with Crippen LogP contribution in [0.2, 0.25) is 0 Å². The molecule has 0 aromatic carbocycles. The van der Waals surface area contributed by atoms with Gasteiger partial charge in [-0.05, 0) is 127 Å². The molecule has 0 aliphatic carbocycles. The fourth-order valence-corrected chi connectivity index (χ4v) is 11.3. The Morgan fingerprint density at radius 1 is 0.411 bits per heavy atom. The average Bonchev–Trinajstić information content (AvgIpc) is 1.82. The molecular formula is C60H111N21O12S2. The normalized spacial score (nSPS) is 17.7. The van der Waals surface area contributed by atoms with E-state index in [0.29, 0.717) is 38.5 Å². The lowest BCUT2D eigenvalue weighted by molar-refractivity contribution is -0.143. The molecule has 0 aromatic rings. The molecule has 33 nitrogen and oxygen atoms in total. The molecule has 2 fully saturated rings. The standard InChI is InChI=1S/C60H111N21O12S2/c1-31(2)43(63)54(89)75-39(29-94)50(85)71-35(19-13-25-69-59(65)66)48(83)74-38(18-10-12-24-62)58(93)81-28-16-22-42(81)53(88)78-46(34(7)8)56(91)79-45(33(5)6)55(90)76-40(30-95)51(86)72-36(20-14-26-70-60(67)68)49(84)73-37(17-9-11-23-61)57(92)80-27-15-21-41(80)52(87)77-44(32(3)4)47(64)82/h31-46,94-95H,9-30,61-63H2,1-8H3,(H2,64,82)(H,71,85)(H,72,86)(H,73,84)(H,74,83)(H,75,89)(H,76,90)(H,77,87)(H,78,88)(H,79,91)(H4,65,66,69)(H4,67,68,70)/t35-,36-,37-,38-,39-,40-,41-,42-,43-,44-,45-,46-/m0/s1. The number of amides is 12. The maximum Gasteiger partial charge on any atom is 0.245 e. The molecule has 35 heteroatoms. The number of hydrogen-bond donors (Lipinski definition) is 19. The molecule has 0 unspecified atom stereocenters. The van der Waals surface area contributed by atoms with E-state index >= 15 is 0 Å². The molecule has 0 radical (unpaired) electrons. The van der Waals surface area contributed by atoms with Crippen LogP contribution in [0.1, 0.15) is 145 Å². The molecule has 0 saturated carbocycles. The SMILES string of the molecule is CC(C)[C@H](N)C(=O)N[C@@H](CS)C(=O)N[C@@H](CCCN=C(N)N)C(=O)N[C@@H](CCCCN)C(=O)N1CCC[C@H]1C(=O)N[C@H](C(=O)N[C@H](C(=O)N[C@@H](CS)C(=O)N[C@@H](CCCN=C(N)N)C(=O)N[C@@H](CCCCN)C(=O)N1CCC[C@H]1C(=O)N[C@H](C(N)=O)C(C)C)C(C)C)C(C)C. The number of nitrogens with zero attached hydrogens (tertiary/aromatic N) is 4. The van der Waals surface area contributed by atoms with Crippen molar-refractivity contribution >= 4 is 108 Å². The topological polar surface area (TPSA) is 552 Å². The largest absolute Gasteiger partial charge is 0.370 e. The molecule has 0 aromatic heterocycles. The molecule has 25 N–H and O–H groups in total. The molecule has 2 saturated heterocycles. The summed E-state index contributed by atoms with van der Waals surface area (Å²) >= 11 is 8.61. The summed E-state index contributed by atoms with van der Waals surface area (Å²) in [4.78, 5) is 178. The van der Waals surface area contributed by atoms with E-state index in [1.807, 2.05) is 0 Å². The highest BCUT2D eigenvalue weighted by Gasteiger charge is 2.43. The van der Waals surface area contributed by atoms with Gasteiger partial charge >= 0.3 is 0 Å². The first-order valence-corrected chi connectivity index (χ1v) is 34.1. The summed E-state index contributed by atoms with van der Waals surface area (Å²) in [6, 6.07) is -14.2. The summed E-state index contributed by atoms with van der Waals surface area (Å²) in [6.07, 6.45) is 3.57. The lowest BCUT2D eigenvalue weighted by atomic mass is 9.99. The van der Waals surface area contributed by atoms with Crippen molar-refractivity contribution in [1.29, 1.82) is 0 Å². The minimum Gasteiger partial charge on any atom is -0.370 e. The van der Waals surface area contributed by atoms with Crippen molar-refractivity contribution in [2.24, 2.45) is 79.5 Å². The quantitative estimate of drug-likeness (QED) is 0.0118. The Balaban J connectivity index is 2.39. The average molecular weight is 1380 g/mol. The van der Waals surface area contributed by atoms with E-state index in [1.54, 1.807) is 55.4 Å². The van der Waals surface area contributed by atoms with Crippen LogP contribution < -0.4 is 93.7 Å². The summed E-state index contributed by atoms with van der Waals surface area (Å²) in [7, 11) is 0. The Morgan fingerprint density at radius 2 is 0.737 bits per heavy atom. The van der Waals surface area contributed by atoms with Crippen LogP contribution in [-0.2, 0) is 57.5 Å². The number of primary amides is 1. The molecule has 0 bridgehead atoms. The van der Waals surface area contributed by atoms with E-state index in [1.165, 1.54) is 9.80 Å². The maximum absolute atomic E-state index is 14.7. The van der Waals surface area contributed by atoms with Crippen molar-refractivity contribution in [1.82, 2.24) is 57.7 Å². The predicted molar refractivity (Wildman–Crippen MR) is 367 cm³/mol. The number of rotatable bonds is 43. The Hall–Kier alpha value is -7.24. The third-order valence-electron chi connectivity index (χ3n) is 16.4. The van der Waals surface area contributed by atoms with Gasteiger partial charge in [0.05, 0.1) is 6.04 Å². The Labute approximate surface area is 568 Å². The second-order valence-corrected chi connectivity index (χ2v) is 26.2. The van der Waals surface area contributed by atoms with Crippen LogP contribution in [0.3, 0.4) is 0 Å². The first-order valence-electron chi connectivity index (χ1n) is 32.9. The predicted octanol–water partition coefficient (Wildman–Crippen LogP) is -5.01. The van der Waals surface area contributed by atoms with Crippen LogP contribution in [0, 0.1) is 23.7 Å².